The molecule has 0 saturated heterocycles. The van der Waals surface area contributed by atoms with Gasteiger partial charge in [0.05, 0.1) is 17.1 Å². The van der Waals surface area contributed by atoms with Crippen molar-refractivity contribution >= 4 is 30.0 Å². The van der Waals surface area contributed by atoms with E-state index < -0.39 is 11.5 Å². The molecule has 0 aromatic heterocycles. The number of nitro benzene ring substituents is 1. The van der Waals surface area contributed by atoms with Crippen molar-refractivity contribution in [3.05, 3.63) is 39.4 Å². The molecule has 0 fully saturated rings. The second-order valence-corrected chi connectivity index (χ2v) is 5.26. The number of rotatable bonds is 10. The van der Waals surface area contributed by atoms with Crippen LogP contribution in [0.15, 0.2) is 18.2 Å². The number of nitro groups is 1. The molecule has 0 aliphatic rings. The molecule has 0 aliphatic heterocycles. The van der Waals surface area contributed by atoms with E-state index in [1.54, 1.807) is 6.07 Å². The van der Waals surface area contributed by atoms with Gasteiger partial charge in [-0.3, -0.25) is 14.9 Å². The average molecular weight is 375 g/mol. The Labute approximate surface area is 151 Å². The molecule has 1 rings (SSSR count). The topological polar surface area (TPSA) is 148 Å². The zero-order chi connectivity index (χ0) is 17.9. The van der Waals surface area contributed by atoms with Crippen LogP contribution in [0.2, 0.25) is 0 Å². The number of nitrogens with two attached hydrogens (primary N) is 1. The largest absolute Gasteiger partial charge is 0.391 e. The molecule has 1 aromatic carbocycles. The van der Waals surface area contributed by atoms with Gasteiger partial charge in [0, 0.05) is 25.6 Å². The molecule has 140 valence electrons. The minimum atomic E-state index is -0.568. The number of hydrogen-bond acceptors (Lipinski definition) is 5. The predicted molar refractivity (Wildman–Crippen MR) is 94.2 cm³/mol. The zero-order valence-electron chi connectivity index (χ0n) is 13.7. The molecule has 1 aromatic rings. The van der Waals surface area contributed by atoms with Crippen molar-refractivity contribution in [1.29, 1.82) is 0 Å². The summed E-state index contributed by atoms with van der Waals surface area (Å²) in [5.74, 6) is -0.331. The molecule has 0 saturated carbocycles. The second kappa shape index (κ2) is 12.0. The number of aliphatic hydroxyl groups excluding tert-OH is 1. The number of hydrogen-bond donors (Lipinski definition) is 4. The molecule has 0 radical (unpaired) electrons. The maximum absolute atomic E-state index is 11.6. The third kappa shape index (κ3) is 8.87. The van der Waals surface area contributed by atoms with Crippen molar-refractivity contribution in [3.8, 4) is 0 Å². The Morgan fingerprint density at radius 2 is 1.92 bits per heavy atom. The van der Waals surface area contributed by atoms with Gasteiger partial charge in [-0.15, -0.1) is 12.4 Å². The van der Waals surface area contributed by atoms with Gasteiger partial charge in [-0.2, -0.15) is 0 Å². The van der Waals surface area contributed by atoms with E-state index in [9.17, 15) is 19.7 Å². The van der Waals surface area contributed by atoms with Crippen LogP contribution < -0.4 is 16.4 Å². The van der Waals surface area contributed by atoms with E-state index >= 15 is 0 Å². The van der Waals surface area contributed by atoms with Crippen molar-refractivity contribution in [2.45, 2.75) is 38.8 Å². The Morgan fingerprint density at radius 1 is 1.20 bits per heavy atom. The summed E-state index contributed by atoms with van der Waals surface area (Å²) in [5, 5.41) is 25.2. The highest BCUT2D eigenvalue weighted by Crippen LogP contribution is 2.20. The van der Waals surface area contributed by atoms with Crippen molar-refractivity contribution in [2.24, 2.45) is 5.73 Å². The Balaban J connectivity index is 0.00000576. The molecule has 0 heterocycles. The number of amides is 3. The number of urea groups is 1. The third-order valence-electron chi connectivity index (χ3n) is 3.36. The maximum Gasteiger partial charge on any atom is 0.315 e. The lowest BCUT2D eigenvalue weighted by molar-refractivity contribution is -0.385. The van der Waals surface area contributed by atoms with Crippen LogP contribution in [0.1, 0.15) is 36.8 Å². The van der Waals surface area contributed by atoms with Crippen LogP contribution in [-0.2, 0) is 17.9 Å². The van der Waals surface area contributed by atoms with Crippen molar-refractivity contribution in [3.63, 3.8) is 0 Å². The van der Waals surface area contributed by atoms with Crippen LogP contribution in [0.25, 0.3) is 0 Å². The monoisotopic (exact) mass is 374 g/mol. The van der Waals surface area contributed by atoms with Crippen LogP contribution in [-0.4, -0.2) is 28.5 Å². The van der Waals surface area contributed by atoms with Crippen LogP contribution in [0.5, 0.6) is 0 Å². The van der Waals surface area contributed by atoms with Gasteiger partial charge in [-0.1, -0.05) is 12.5 Å². The first-order chi connectivity index (χ1) is 11.4. The van der Waals surface area contributed by atoms with Gasteiger partial charge in [0.1, 0.15) is 0 Å². The number of carbonyl (C=O) groups is 2. The summed E-state index contributed by atoms with van der Waals surface area (Å²) < 4.78 is 0. The van der Waals surface area contributed by atoms with E-state index in [2.05, 4.69) is 10.6 Å². The lowest BCUT2D eigenvalue weighted by atomic mass is 10.1. The predicted octanol–water partition coefficient (Wildman–Crippen LogP) is 1.35. The molecular weight excluding hydrogens is 352 g/mol. The second-order valence-electron chi connectivity index (χ2n) is 5.26. The van der Waals surface area contributed by atoms with Gasteiger partial charge in [0.25, 0.3) is 5.69 Å². The van der Waals surface area contributed by atoms with Crippen molar-refractivity contribution in [1.82, 2.24) is 10.6 Å². The van der Waals surface area contributed by atoms with Gasteiger partial charge in [-0.05, 0) is 24.5 Å². The molecule has 0 bridgehead atoms. The Morgan fingerprint density at radius 3 is 2.52 bits per heavy atom. The molecule has 5 N–H and O–H groups in total. The standard InChI is InChI=1S/C15H22N4O5.ClH/c16-14(21)4-2-1-3-7-17-15(22)18-9-11-5-6-12(10-20)13(8-11)19(23)24;/h5-6,8,20H,1-4,7,9-10H2,(H2,16,21)(H2,17,18,22);1H. The van der Waals surface area contributed by atoms with Crippen LogP contribution in [0, 0.1) is 10.1 Å². The zero-order valence-corrected chi connectivity index (χ0v) is 14.5. The van der Waals surface area contributed by atoms with E-state index in [0.717, 1.165) is 12.8 Å². The number of carbonyl (C=O) groups excluding carboxylic acids is 2. The lowest BCUT2D eigenvalue weighted by Crippen LogP contribution is -2.35. The molecule has 3 amide bonds. The smallest absolute Gasteiger partial charge is 0.315 e. The summed E-state index contributed by atoms with van der Waals surface area (Å²) in [4.78, 5) is 32.5. The highest BCUT2D eigenvalue weighted by Gasteiger charge is 2.13. The van der Waals surface area contributed by atoms with Gasteiger partial charge < -0.3 is 21.5 Å². The Kier molecular flexibility index (Phi) is 10.9. The highest BCUT2D eigenvalue weighted by atomic mass is 35.5. The summed E-state index contributed by atoms with van der Waals surface area (Å²) in [7, 11) is 0. The summed E-state index contributed by atoms with van der Waals surface area (Å²) in [5.41, 5.74) is 5.64. The van der Waals surface area contributed by atoms with Gasteiger partial charge in [0.2, 0.25) is 5.91 Å². The third-order valence-corrected chi connectivity index (χ3v) is 3.36. The molecule has 25 heavy (non-hydrogen) atoms. The molecule has 10 heteroatoms. The van der Waals surface area contributed by atoms with E-state index in [-0.39, 0.29) is 42.1 Å². The fourth-order valence-electron chi connectivity index (χ4n) is 2.07. The minimum absolute atomic E-state index is 0. The fourth-order valence-corrected chi connectivity index (χ4v) is 2.07. The molecular formula is C15H23ClN4O5. The number of benzene rings is 1. The van der Waals surface area contributed by atoms with E-state index in [4.69, 9.17) is 10.8 Å². The molecule has 0 aliphatic carbocycles. The summed E-state index contributed by atoms with van der Waals surface area (Å²) >= 11 is 0. The Bertz CT molecular complexity index is 597. The molecule has 9 nitrogen and oxygen atoms in total. The van der Waals surface area contributed by atoms with E-state index in [1.807, 2.05) is 0 Å². The summed E-state index contributed by atoms with van der Waals surface area (Å²) in [6, 6.07) is 4.03. The summed E-state index contributed by atoms with van der Waals surface area (Å²) in [6.07, 6.45) is 2.56. The first-order valence-electron chi connectivity index (χ1n) is 7.61. The highest BCUT2D eigenvalue weighted by molar-refractivity contribution is 5.85. The number of nitrogens with one attached hydrogen (secondary N) is 2. The number of aliphatic hydroxyl groups is 1. The number of nitrogens with zero attached hydrogens (tertiary/aromatic N) is 1. The number of primary amides is 1. The first kappa shape index (κ1) is 22.6. The van der Waals surface area contributed by atoms with Gasteiger partial charge in [-0.25, -0.2) is 4.79 Å². The molecule has 0 unspecified atom stereocenters. The SMILES string of the molecule is Cl.NC(=O)CCCCCNC(=O)NCc1ccc(CO)c([N+](=O)[O-])c1. The van der Waals surface area contributed by atoms with E-state index in [1.165, 1.54) is 12.1 Å². The minimum Gasteiger partial charge on any atom is -0.391 e. The van der Waals surface area contributed by atoms with Crippen LogP contribution >= 0.6 is 12.4 Å². The van der Waals surface area contributed by atoms with Crippen molar-refractivity contribution < 1.29 is 19.6 Å². The van der Waals surface area contributed by atoms with Crippen LogP contribution in [0.3, 0.4) is 0 Å². The van der Waals surface area contributed by atoms with Crippen molar-refractivity contribution in [2.75, 3.05) is 6.54 Å². The lowest BCUT2D eigenvalue weighted by Gasteiger charge is -2.08. The molecule has 0 spiro atoms. The first-order valence-corrected chi connectivity index (χ1v) is 7.61. The summed E-state index contributed by atoms with van der Waals surface area (Å²) in [6.45, 7) is 0.189. The van der Waals surface area contributed by atoms with Crippen LogP contribution in [0.4, 0.5) is 10.5 Å². The average Bonchev–Trinajstić information content (AvgIpc) is 2.55. The fraction of sp³-hybridized carbons (Fsp3) is 0.467. The molecule has 0 atom stereocenters. The number of unbranched alkanes of at least 4 members (excludes halogenated alkanes) is 2. The normalized spacial score (nSPS) is 9.80. The van der Waals surface area contributed by atoms with Gasteiger partial charge >= 0.3 is 6.03 Å². The number of halogens is 1. The Hall–Kier alpha value is -2.39. The van der Waals surface area contributed by atoms with Gasteiger partial charge in [0.15, 0.2) is 0 Å². The maximum atomic E-state index is 11.6. The van der Waals surface area contributed by atoms with E-state index in [0.29, 0.717) is 24.9 Å². The quantitative estimate of drug-likeness (QED) is 0.277.